The number of carbonyl (C=O) groups excluding carboxylic acids is 2. The number of aromatic amines is 1. The molecular weight excluding hydrogens is 869 g/mol. The van der Waals surface area contributed by atoms with E-state index in [0.717, 1.165) is 30.4 Å². The van der Waals surface area contributed by atoms with Gasteiger partial charge in [-0.2, -0.15) is 0 Å². The van der Waals surface area contributed by atoms with Crippen molar-refractivity contribution in [1.29, 1.82) is 0 Å². The van der Waals surface area contributed by atoms with Gasteiger partial charge < -0.3 is 41.6 Å². The maximum absolute atomic E-state index is 14.3. The van der Waals surface area contributed by atoms with Crippen molar-refractivity contribution in [2.24, 2.45) is 5.73 Å². The van der Waals surface area contributed by atoms with Crippen molar-refractivity contribution in [2.75, 3.05) is 30.8 Å². The fraction of sp³-hybridized carbons (Fsp3) is 0.154. The summed E-state index contributed by atoms with van der Waals surface area (Å²) >= 11 is 0. The molecule has 0 bridgehead atoms. The molecule has 6 aromatic carbocycles. The Morgan fingerprint density at radius 3 is 2.39 bits per heavy atom. The van der Waals surface area contributed by atoms with Crippen LogP contribution >= 0.6 is 0 Å². The third-order valence-electron chi connectivity index (χ3n) is 11.5. The van der Waals surface area contributed by atoms with Crippen LogP contribution in [0.15, 0.2) is 154 Å². The van der Waals surface area contributed by atoms with Gasteiger partial charge in [-0.25, -0.2) is 8.42 Å². The van der Waals surface area contributed by atoms with Crippen LogP contribution in [0.5, 0.6) is 11.5 Å². The third kappa shape index (κ3) is 10.2. The number of methoxy groups -OCH3 is 1. The molecule has 0 saturated heterocycles. The minimum atomic E-state index is -4.19. The Labute approximate surface area is 386 Å². The number of hydrogen-bond donors (Lipinski definition) is 7. The Hall–Kier alpha value is -7.85. The lowest BCUT2D eigenvalue weighted by Gasteiger charge is -2.16. The highest BCUT2D eigenvalue weighted by atomic mass is 32.2. The summed E-state index contributed by atoms with van der Waals surface area (Å²) in [6.07, 6.45) is 3.22. The van der Waals surface area contributed by atoms with E-state index in [0.29, 0.717) is 63.1 Å². The number of pyridine rings is 2. The van der Waals surface area contributed by atoms with Crippen LogP contribution in [-0.2, 0) is 16.3 Å². The van der Waals surface area contributed by atoms with Crippen LogP contribution in [0.2, 0.25) is 0 Å². The van der Waals surface area contributed by atoms with E-state index in [-0.39, 0.29) is 37.9 Å². The zero-order chi connectivity index (χ0) is 47.2. The summed E-state index contributed by atoms with van der Waals surface area (Å²) in [5.41, 5.74) is 12.0. The maximum atomic E-state index is 14.3. The molecule has 8 aromatic rings. The summed E-state index contributed by atoms with van der Waals surface area (Å²) in [6, 6.07) is 37.6. The number of hydrogen-bond acceptors (Lipinski definition) is 11. The molecule has 0 aliphatic heterocycles. The van der Waals surface area contributed by atoms with Gasteiger partial charge in [0.1, 0.15) is 11.5 Å². The molecule has 14 nitrogen and oxygen atoms in total. The van der Waals surface area contributed by atoms with Gasteiger partial charge in [0.05, 0.1) is 45.3 Å². The molecule has 2 amide bonds. The number of nitrogens with two attached hydrogens (primary N) is 1. The molecule has 1 atom stereocenters. The largest absolute Gasteiger partial charge is 0.506 e. The van der Waals surface area contributed by atoms with Gasteiger partial charge in [0.2, 0.25) is 15.4 Å². The van der Waals surface area contributed by atoms with Gasteiger partial charge in [0.15, 0.2) is 0 Å². The van der Waals surface area contributed by atoms with E-state index in [1.165, 1.54) is 61.3 Å². The standard InChI is InChI=1S/C52H48N6O8S/c1-31-24-40(28-43-48(31)55-29-44(51(53)62)49(43)56-37-12-7-13-38(27-37)66-2)67(64,65)39-14-6-10-35(26-39)52(63)57-36-11-5-9-34(25-36)33-17-15-32(16-18-33)8-3-4-23-54-30-46(60)41-19-21-45(59)50-42(41)20-22-47(61)58-50/h5-7,9-22,24-29,46,54,59-60H,3-4,8,23,30H2,1-2H3,(H2,53,62)(H,55,56)(H,57,63)(H,58,61)/t46-/m0/s1. The highest BCUT2D eigenvalue weighted by molar-refractivity contribution is 7.91. The number of aromatic nitrogens is 2. The minimum absolute atomic E-state index is 0.0488. The number of aromatic hydroxyl groups is 1. The summed E-state index contributed by atoms with van der Waals surface area (Å²) in [6.45, 7) is 2.75. The van der Waals surface area contributed by atoms with Gasteiger partial charge in [-0.05, 0) is 127 Å². The van der Waals surface area contributed by atoms with E-state index in [9.17, 15) is 33.0 Å². The Bertz CT molecular complexity index is 3340. The summed E-state index contributed by atoms with van der Waals surface area (Å²) in [5.74, 6) is -0.719. The predicted molar refractivity (Wildman–Crippen MR) is 260 cm³/mol. The van der Waals surface area contributed by atoms with Crippen LogP contribution in [-0.4, -0.2) is 60.6 Å². The van der Waals surface area contributed by atoms with E-state index in [4.69, 9.17) is 10.5 Å². The summed E-state index contributed by atoms with van der Waals surface area (Å²) in [7, 11) is -2.66. The topological polar surface area (TPSA) is 226 Å². The van der Waals surface area contributed by atoms with Crippen molar-refractivity contribution in [2.45, 2.75) is 42.1 Å². The number of anilines is 3. The Balaban J connectivity index is 0.897. The van der Waals surface area contributed by atoms with E-state index in [1.807, 2.05) is 30.3 Å². The number of fused-ring (bicyclic) bond motifs is 2. The first kappa shape index (κ1) is 45.7. The molecule has 0 spiro atoms. The van der Waals surface area contributed by atoms with Crippen LogP contribution in [0.25, 0.3) is 32.9 Å². The zero-order valence-corrected chi connectivity index (χ0v) is 37.5. The highest BCUT2D eigenvalue weighted by Crippen LogP contribution is 2.35. The Kier molecular flexibility index (Phi) is 13.4. The lowest BCUT2D eigenvalue weighted by atomic mass is 10.0. The predicted octanol–water partition coefficient (Wildman–Crippen LogP) is 8.34. The molecular formula is C52H48N6O8S. The third-order valence-corrected chi connectivity index (χ3v) is 13.3. The lowest BCUT2D eigenvalue weighted by Crippen LogP contribution is -2.23. The zero-order valence-electron chi connectivity index (χ0n) is 36.7. The molecule has 0 saturated carbocycles. The first-order chi connectivity index (χ1) is 32.3. The van der Waals surface area contributed by atoms with Crippen LogP contribution in [0.1, 0.15) is 56.4 Å². The number of amides is 2. The number of phenolic OH excluding ortho intramolecular Hbond substituents is 1. The van der Waals surface area contributed by atoms with E-state index >= 15 is 0 Å². The van der Waals surface area contributed by atoms with Crippen LogP contribution < -0.4 is 32.0 Å². The molecule has 340 valence electrons. The smallest absolute Gasteiger partial charge is 0.255 e. The molecule has 0 radical (unpaired) electrons. The Morgan fingerprint density at radius 2 is 1.60 bits per heavy atom. The Morgan fingerprint density at radius 1 is 0.821 bits per heavy atom. The maximum Gasteiger partial charge on any atom is 0.255 e. The molecule has 0 aliphatic carbocycles. The number of aliphatic hydroxyl groups is 1. The number of unbranched alkanes of at least 4 members (excludes halogenated alkanes) is 1. The number of nitrogens with one attached hydrogen (secondary N) is 4. The van der Waals surface area contributed by atoms with Crippen molar-refractivity contribution >= 4 is 60.5 Å². The molecule has 15 heteroatoms. The number of sulfone groups is 1. The van der Waals surface area contributed by atoms with Crippen molar-refractivity contribution in [3.05, 3.63) is 178 Å². The number of primary amides is 1. The average molecular weight is 917 g/mol. The highest BCUT2D eigenvalue weighted by Gasteiger charge is 2.24. The van der Waals surface area contributed by atoms with Gasteiger partial charge in [0.25, 0.3) is 11.8 Å². The molecule has 8 rings (SSSR count). The molecule has 8 N–H and O–H groups in total. The number of H-pyrrole nitrogens is 1. The number of carbonyl (C=O) groups is 2. The molecule has 2 heterocycles. The number of phenols is 1. The molecule has 0 fully saturated rings. The number of nitrogens with zero attached hydrogens (tertiary/aromatic N) is 1. The number of rotatable bonds is 17. The van der Waals surface area contributed by atoms with Crippen molar-refractivity contribution in [3.8, 4) is 22.6 Å². The second kappa shape index (κ2) is 19.7. The first-order valence-corrected chi connectivity index (χ1v) is 23.0. The van der Waals surface area contributed by atoms with E-state index < -0.39 is 27.8 Å². The fourth-order valence-corrected chi connectivity index (χ4v) is 9.45. The molecule has 0 unspecified atom stereocenters. The number of ether oxygens (including phenoxy) is 1. The summed E-state index contributed by atoms with van der Waals surface area (Å²) in [4.78, 5) is 44.9. The summed E-state index contributed by atoms with van der Waals surface area (Å²) in [5, 5.41) is 31.3. The fourth-order valence-electron chi connectivity index (χ4n) is 8.03. The van der Waals surface area contributed by atoms with Gasteiger partial charge in [-0.15, -0.1) is 0 Å². The SMILES string of the molecule is COc1cccc(Nc2c(C(N)=O)cnc3c(C)cc(S(=O)(=O)c4cccc(C(=O)Nc5cccc(-c6ccc(CCCCNC[C@H](O)c7ccc(O)c8[nH]c(=O)ccc78)cc6)c5)c4)cc23)c1. The second-order valence-corrected chi connectivity index (χ2v) is 18.1. The molecule has 0 aliphatic rings. The number of aryl methyl sites for hydroxylation is 2. The van der Waals surface area contributed by atoms with Crippen LogP contribution in [0.3, 0.4) is 0 Å². The molecule has 2 aromatic heterocycles. The van der Waals surface area contributed by atoms with Crippen molar-refractivity contribution in [3.63, 3.8) is 0 Å². The normalized spacial score (nSPS) is 11.9. The number of aliphatic hydroxyl groups excluding tert-OH is 1. The quantitative estimate of drug-likeness (QED) is 0.0430. The van der Waals surface area contributed by atoms with Gasteiger partial charge in [0, 0.05) is 52.6 Å². The average Bonchev–Trinajstić information content (AvgIpc) is 3.33. The van der Waals surface area contributed by atoms with Gasteiger partial charge in [-0.1, -0.05) is 54.6 Å². The van der Waals surface area contributed by atoms with Gasteiger partial charge >= 0.3 is 0 Å². The summed E-state index contributed by atoms with van der Waals surface area (Å²) < 4.78 is 33.9. The van der Waals surface area contributed by atoms with E-state index in [2.05, 4.69) is 38.1 Å². The van der Waals surface area contributed by atoms with Crippen molar-refractivity contribution < 1.29 is 33.0 Å². The van der Waals surface area contributed by atoms with Gasteiger partial charge in [-0.3, -0.25) is 19.4 Å². The van der Waals surface area contributed by atoms with Crippen LogP contribution in [0.4, 0.5) is 17.1 Å². The van der Waals surface area contributed by atoms with Crippen molar-refractivity contribution in [1.82, 2.24) is 15.3 Å². The van der Waals surface area contributed by atoms with E-state index in [1.54, 1.807) is 55.5 Å². The van der Waals surface area contributed by atoms with Crippen LogP contribution in [0, 0.1) is 6.92 Å². The lowest BCUT2D eigenvalue weighted by molar-refractivity contribution is 0.0998. The molecule has 67 heavy (non-hydrogen) atoms. The monoisotopic (exact) mass is 916 g/mol. The number of benzene rings is 6. The minimum Gasteiger partial charge on any atom is -0.506 e. The first-order valence-electron chi connectivity index (χ1n) is 21.5. The second-order valence-electron chi connectivity index (χ2n) is 16.1.